The minimum atomic E-state index is -1.16. The van der Waals surface area contributed by atoms with Crippen molar-refractivity contribution in [1.29, 1.82) is 0 Å². The molecule has 0 atom stereocenters. The number of hydrogen-bond donors (Lipinski definition) is 2. The van der Waals surface area contributed by atoms with Crippen LogP contribution in [0, 0.1) is 0 Å². The largest absolute Gasteiger partial charge is 0.478 e. The van der Waals surface area contributed by atoms with Gasteiger partial charge in [-0.15, -0.1) is 0 Å². The van der Waals surface area contributed by atoms with Crippen molar-refractivity contribution in [3.05, 3.63) is 64.2 Å². The molecule has 1 amide bonds. The average Bonchev–Trinajstić information content (AvgIpc) is 2.48. The van der Waals surface area contributed by atoms with Crippen LogP contribution in [0.5, 0.6) is 0 Å². The molecule has 0 saturated carbocycles. The summed E-state index contributed by atoms with van der Waals surface area (Å²) >= 11 is 3.19. The van der Waals surface area contributed by atoms with Gasteiger partial charge in [-0.1, -0.05) is 34.7 Å². The second kappa shape index (κ2) is 8.24. The van der Waals surface area contributed by atoms with Crippen molar-refractivity contribution in [2.24, 2.45) is 0 Å². The molecule has 0 radical (unpaired) electrons. The molecule has 1 aromatic carbocycles. The van der Waals surface area contributed by atoms with Crippen LogP contribution in [0.4, 0.5) is 5.69 Å². The van der Waals surface area contributed by atoms with E-state index in [0.29, 0.717) is 4.47 Å². The van der Waals surface area contributed by atoms with Gasteiger partial charge in [0, 0.05) is 15.6 Å². The molecule has 0 aliphatic heterocycles. The summed E-state index contributed by atoms with van der Waals surface area (Å²) in [5.41, 5.74) is 0.502. The molecule has 0 saturated heterocycles. The minimum Gasteiger partial charge on any atom is -0.478 e. The van der Waals surface area contributed by atoms with Crippen LogP contribution >= 0.6 is 15.9 Å². The van der Waals surface area contributed by atoms with Gasteiger partial charge >= 0.3 is 5.97 Å². The number of anilines is 1. The van der Waals surface area contributed by atoms with Crippen LogP contribution in [0.3, 0.4) is 0 Å². The van der Waals surface area contributed by atoms with Crippen molar-refractivity contribution >= 4 is 39.3 Å². The number of amides is 1. The van der Waals surface area contributed by atoms with Crippen molar-refractivity contribution in [2.45, 2.75) is 13.8 Å². The minimum absolute atomic E-state index is 0.0436. The highest BCUT2D eigenvalue weighted by Gasteiger charge is 2.15. The van der Waals surface area contributed by atoms with E-state index in [1.165, 1.54) is 31.2 Å². The zero-order chi connectivity index (χ0) is 17.6. The highest BCUT2D eigenvalue weighted by molar-refractivity contribution is 9.10. The molecule has 0 fully saturated rings. The highest BCUT2D eigenvalue weighted by Crippen LogP contribution is 2.22. The van der Waals surface area contributed by atoms with Gasteiger partial charge in [0.1, 0.15) is 0 Å². The summed E-state index contributed by atoms with van der Waals surface area (Å²) in [7, 11) is 0. The van der Waals surface area contributed by atoms with Gasteiger partial charge < -0.3 is 10.4 Å². The number of carboxylic acid groups (broad SMARTS) is 1. The van der Waals surface area contributed by atoms with Gasteiger partial charge in [-0.25, -0.2) is 4.79 Å². The molecule has 0 spiro atoms. The third-order valence-corrected chi connectivity index (χ3v) is 3.34. The molecule has 0 aliphatic rings. The zero-order valence-electron chi connectivity index (χ0n) is 12.7. The monoisotopic (exact) mass is 377 g/mol. The summed E-state index contributed by atoms with van der Waals surface area (Å²) in [6, 6.07) is 4.50. The van der Waals surface area contributed by atoms with Crippen molar-refractivity contribution in [1.82, 2.24) is 0 Å². The number of carbonyl (C=O) groups excluding carboxylic acids is 2. The van der Waals surface area contributed by atoms with Crippen molar-refractivity contribution in [3.8, 4) is 0 Å². The van der Waals surface area contributed by atoms with Crippen LogP contribution in [0.1, 0.15) is 24.2 Å². The number of allylic oxidation sites excluding steroid dienone is 3. The fourth-order valence-electron chi connectivity index (χ4n) is 1.66. The number of nitrogens with one attached hydrogen (secondary N) is 1. The van der Waals surface area contributed by atoms with Crippen molar-refractivity contribution in [2.75, 3.05) is 5.32 Å². The molecule has 1 rings (SSSR count). The Morgan fingerprint density at radius 3 is 2.48 bits per heavy atom. The molecule has 0 unspecified atom stereocenters. The van der Waals surface area contributed by atoms with Crippen molar-refractivity contribution in [3.63, 3.8) is 0 Å². The van der Waals surface area contributed by atoms with Crippen LogP contribution in [-0.4, -0.2) is 22.8 Å². The van der Waals surface area contributed by atoms with Crippen molar-refractivity contribution < 1.29 is 19.5 Å². The maximum atomic E-state index is 12.3. The fourth-order valence-corrected chi connectivity index (χ4v) is 2.02. The smallest absolute Gasteiger partial charge is 0.337 e. The Labute approximate surface area is 142 Å². The third-order valence-electron chi connectivity index (χ3n) is 2.85. The maximum Gasteiger partial charge on any atom is 0.337 e. The molecule has 6 heteroatoms. The van der Waals surface area contributed by atoms with E-state index in [1.54, 1.807) is 19.1 Å². The number of benzene rings is 1. The van der Waals surface area contributed by atoms with Gasteiger partial charge in [-0.2, -0.15) is 0 Å². The third kappa shape index (κ3) is 5.34. The van der Waals surface area contributed by atoms with Crippen LogP contribution in [0.15, 0.2) is 58.6 Å². The first-order valence-electron chi connectivity index (χ1n) is 6.64. The predicted octanol–water partition coefficient (Wildman–Crippen LogP) is 3.73. The molecule has 1 aromatic rings. The number of aromatic carboxylic acids is 1. The number of halogens is 1. The molecule has 23 heavy (non-hydrogen) atoms. The summed E-state index contributed by atoms with van der Waals surface area (Å²) in [6.45, 7) is 6.65. The summed E-state index contributed by atoms with van der Waals surface area (Å²) in [4.78, 5) is 34.9. The Kier molecular flexibility index (Phi) is 6.65. The second-order valence-electron chi connectivity index (χ2n) is 4.63. The lowest BCUT2D eigenvalue weighted by atomic mass is 10.1. The van der Waals surface area contributed by atoms with E-state index in [-0.39, 0.29) is 28.2 Å². The number of Topliss-reactive ketones (excluding diaryl/α,β-unsaturated/α-hetero) is 1. The Bertz CT molecular complexity index is 732. The van der Waals surface area contributed by atoms with E-state index in [4.69, 9.17) is 0 Å². The van der Waals surface area contributed by atoms with Crippen LogP contribution < -0.4 is 5.32 Å². The van der Waals surface area contributed by atoms with E-state index in [0.717, 1.165) is 0 Å². The molecule has 5 nitrogen and oxygen atoms in total. The first-order valence-corrected chi connectivity index (χ1v) is 7.44. The van der Waals surface area contributed by atoms with Gasteiger partial charge in [0.05, 0.1) is 11.3 Å². The zero-order valence-corrected chi connectivity index (χ0v) is 14.3. The average molecular weight is 378 g/mol. The summed E-state index contributed by atoms with van der Waals surface area (Å²) in [5, 5.41) is 11.7. The first kappa shape index (κ1) is 18.6. The van der Waals surface area contributed by atoms with Gasteiger partial charge in [0.2, 0.25) is 0 Å². The Hall–Kier alpha value is -2.47. The van der Waals surface area contributed by atoms with Gasteiger partial charge in [-0.05, 0) is 38.1 Å². The number of ketones is 1. The highest BCUT2D eigenvalue weighted by atomic mass is 79.9. The van der Waals surface area contributed by atoms with E-state index in [1.807, 2.05) is 0 Å². The lowest BCUT2D eigenvalue weighted by Crippen LogP contribution is -2.16. The topological polar surface area (TPSA) is 83.5 Å². The second-order valence-corrected chi connectivity index (χ2v) is 5.55. The van der Waals surface area contributed by atoms with Crippen LogP contribution in [-0.2, 0) is 9.59 Å². The molecule has 0 bridgehead atoms. The lowest BCUT2D eigenvalue weighted by molar-refractivity contribution is -0.113. The molecule has 120 valence electrons. The summed E-state index contributed by atoms with van der Waals surface area (Å²) in [6.07, 6.45) is 4.51. The Morgan fingerprint density at radius 1 is 1.30 bits per heavy atom. The number of carbonyl (C=O) groups is 3. The summed E-state index contributed by atoms with van der Waals surface area (Å²) < 4.78 is 0.585. The van der Waals surface area contributed by atoms with E-state index >= 15 is 0 Å². The van der Waals surface area contributed by atoms with Gasteiger partial charge in [-0.3, -0.25) is 9.59 Å². The molecule has 0 aliphatic carbocycles. The molecule has 2 N–H and O–H groups in total. The van der Waals surface area contributed by atoms with E-state index in [2.05, 4.69) is 27.8 Å². The number of carboxylic acids is 1. The first-order chi connectivity index (χ1) is 10.8. The van der Waals surface area contributed by atoms with Gasteiger partial charge in [0.15, 0.2) is 5.78 Å². The predicted molar refractivity (Wildman–Crippen MR) is 92.4 cm³/mol. The standard InChI is InChI=1S/C17H16BrNO4/c1-4-5-12(8-10(2)11(3)20)16(21)19-15-7-6-13(18)9-14(15)17(22)23/h4-9H,2H2,1,3H3,(H,19,21)(H,22,23)/b5-4-,12-8+. The Morgan fingerprint density at radius 2 is 1.96 bits per heavy atom. The quantitative estimate of drug-likeness (QED) is 0.584. The lowest BCUT2D eigenvalue weighted by Gasteiger charge is -2.10. The molecular formula is C17H16BrNO4. The molecule has 0 heterocycles. The van der Waals surface area contributed by atoms with Crippen LogP contribution in [0.25, 0.3) is 0 Å². The molecule has 0 aromatic heterocycles. The number of rotatable bonds is 6. The number of hydrogen-bond acceptors (Lipinski definition) is 3. The van der Waals surface area contributed by atoms with Gasteiger partial charge in [0.25, 0.3) is 5.91 Å². The summed E-state index contributed by atoms with van der Waals surface area (Å²) in [5.74, 6) is -1.95. The fraction of sp³-hybridized carbons (Fsp3) is 0.118. The Balaban J connectivity index is 3.16. The van der Waals surface area contributed by atoms with E-state index < -0.39 is 11.9 Å². The normalized spacial score (nSPS) is 11.3. The van der Waals surface area contributed by atoms with E-state index in [9.17, 15) is 19.5 Å². The SMILES string of the molecule is C=C(/C=C(\C=C/C)C(=O)Nc1ccc(Br)cc1C(=O)O)C(C)=O. The van der Waals surface area contributed by atoms with Crippen LogP contribution in [0.2, 0.25) is 0 Å². The molecular weight excluding hydrogens is 362 g/mol. The maximum absolute atomic E-state index is 12.3.